The molecule has 254 valence electrons. The molecule has 0 heterocycles. The number of fused-ring (bicyclic) bond motifs is 2. The minimum Gasteiger partial charge on any atom is -0.397 e. The van der Waals surface area contributed by atoms with Crippen molar-refractivity contribution in [2.24, 2.45) is 20.5 Å². The molecular weight excluding hydrogens is 770 g/mol. The summed E-state index contributed by atoms with van der Waals surface area (Å²) in [4.78, 5) is -1.06. The monoisotopic (exact) mass is 788 g/mol. The van der Waals surface area contributed by atoms with Gasteiger partial charge in [-0.15, -0.1) is 20.5 Å². The van der Waals surface area contributed by atoms with Crippen molar-refractivity contribution < 1.29 is 25.9 Å². The largest absolute Gasteiger partial charge is 0.397 e. The smallest absolute Gasteiger partial charge is 0.296 e. The molecule has 6 rings (SSSR count). The Balaban J connectivity index is 1.35. The third kappa shape index (κ3) is 6.84. The molecule has 0 fully saturated rings. The SMILES string of the molecule is Nc1c(S(=O)(=O)O)cc(N=Nc2c(Cl)cc(-c3cc(Cl)c(N=Nc4cc(S(=O)(=O)O)c(N)c5ccccc45)c(Cl)c3)cc2Cl)c2ccccc12. The van der Waals surface area contributed by atoms with Gasteiger partial charge >= 0.3 is 0 Å². The van der Waals surface area contributed by atoms with E-state index in [9.17, 15) is 25.9 Å². The first-order valence-electron chi connectivity index (χ1n) is 13.9. The molecule has 0 spiro atoms. The van der Waals surface area contributed by atoms with E-state index in [-0.39, 0.29) is 54.2 Å². The lowest BCUT2D eigenvalue weighted by molar-refractivity contribution is 0.481. The van der Waals surface area contributed by atoms with Crippen LogP contribution in [0, 0.1) is 0 Å². The molecule has 0 bridgehead atoms. The summed E-state index contributed by atoms with van der Waals surface area (Å²) in [7, 11) is -9.35. The Morgan fingerprint density at radius 3 is 1.08 bits per heavy atom. The summed E-state index contributed by atoms with van der Waals surface area (Å²) in [5.74, 6) is 0. The summed E-state index contributed by atoms with van der Waals surface area (Å²) in [5, 5.41) is 18.6. The van der Waals surface area contributed by atoms with Gasteiger partial charge in [0, 0.05) is 21.5 Å². The van der Waals surface area contributed by atoms with Gasteiger partial charge in [0.2, 0.25) is 0 Å². The van der Waals surface area contributed by atoms with Crippen LogP contribution in [-0.2, 0) is 20.2 Å². The maximum atomic E-state index is 12.0. The second-order valence-electron chi connectivity index (χ2n) is 10.6. The van der Waals surface area contributed by atoms with Crippen LogP contribution in [-0.4, -0.2) is 25.9 Å². The summed E-state index contributed by atoms with van der Waals surface area (Å²) < 4.78 is 67.3. The van der Waals surface area contributed by atoms with Gasteiger partial charge in [0.05, 0.1) is 42.8 Å². The molecule has 12 nitrogen and oxygen atoms in total. The lowest BCUT2D eigenvalue weighted by Gasteiger charge is -2.11. The van der Waals surface area contributed by atoms with Crippen LogP contribution in [0.1, 0.15) is 0 Å². The average Bonchev–Trinajstić information content (AvgIpc) is 3.04. The summed E-state index contributed by atoms with van der Waals surface area (Å²) in [5.41, 5.74) is 13.0. The summed E-state index contributed by atoms with van der Waals surface area (Å²) >= 11 is 26.3. The Morgan fingerprint density at radius 1 is 0.480 bits per heavy atom. The molecule has 0 aliphatic heterocycles. The van der Waals surface area contributed by atoms with Gasteiger partial charge in [-0.25, -0.2) is 0 Å². The van der Waals surface area contributed by atoms with Crippen molar-refractivity contribution in [1.82, 2.24) is 0 Å². The number of nitrogen functional groups attached to an aromatic ring is 2. The van der Waals surface area contributed by atoms with Gasteiger partial charge in [-0.3, -0.25) is 9.11 Å². The third-order valence-electron chi connectivity index (χ3n) is 7.49. The third-order valence-corrected chi connectivity index (χ3v) is 10.4. The Labute approximate surface area is 304 Å². The maximum Gasteiger partial charge on any atom is 0.296 e. The number of hydrogen-bond acceptors (Lipinski definition) is 10. The highest BCUT2D eigenvalue weighted by molar-refractivity contribution is 7.86. The Morgan fingerprint density at radius 2 is 0.780 bits per heavy atom. The molecule has 18 heteroatoms. The molecule has 6 aromatic carbocycles. The highest BCUT2D eigenvalue weighted by atomic mass is 35.5. The number of nitrogens with two attached hydrogens (primary N) is 2. The van der Waals surface area contributed by atoms with Crippen LogP contribution in [0.5, 0.6) is 0 Å². The lowest BCUT2D eigenvalue weighted by Crippen LogP contribution is -2.03. The van der Waals surface area contributed by atoms with Crippen LogP contribution in [0.25, 0.3) is 32.7 Å². The molecule has 0 aliphatic rings. The van der Waals surface area contributed by atoms with E-state index >= 15 is 0 Å². The van der Waals surface area contributed by atoms with E-state index in [1.54, 1.807) is 48.5 Å². The molecule has 6 aromatic rings. The van der Waals surface area contributed by atoms with Gasteiger partial charge in [0.15, 0.2) is 0 Å². The molecule has 0 aliphatic carbocycles. The summed E-state index contributed by atoms with van der Waals surface area (Å²) in [6, 6.07) is 21.5. The molecule has 0 amide bonds. The quantitative estimate of drug-likeness (QED) is 0.0692. The number of rotatable bonds is 7. The van der Waals surface area contributed by atoms with Crippen LogP contribution in [0.15, 0.2) is 115 Å². The normalized spacial score (nSPS) is 12.5. The second kappa shape index (κ2) is 13.4. The molecule has 0 radical (unpaired) electrons. The van der Waals surface area contributed by atoms with Crippen molar-refractivity contribution in [3.63, 3.8) is 0 Å². The van der Waals surface area contributed by atoms with Gasteiger partial charge in [0.1, 0.15) is 21.2 Å². The van der Waals surface area contributed by atoms with Gasteiger partial charge < -0.3 is 11.5 Å². The number of hydrogen-bond donors (Lipinski definition) is 4. The van der Waals surface area contributed by atoms with Crippen molar-refractivity contribution in [2.45, 2.75) is 9.79 Å². The van der Waals surface area contributed by atoms with Gasteiger partial charge in [-0.2, -0.15) is 16.8 Å². The Bertz CT molecular complexity index is 2460. The Kier molecular flexibility index (Phi) is 9.49. The van der Waals surface area contributed by atoms with Gasteiger partial charge in [-0.05, 0) is 47.5 Å². The highest BCUT2D eigenvalue weighted by Crippen LogP contribution is 2.44. The fourth-order valence-electron chi connectivity index (χ4n) is 5.16. The van der Waals surface area contributed by atoms with Crippen molar-refractivity contribution in [3.05, 3.63) is 105 Å². The molecule has 0 aromatic heterocycles. The first kappa shape index (κ1) is 35.4. The molecule has 0 atom stereocenters. The van der Waals surface area contributed by atoms with E-state index in [2.05, 4.69) is 20.5 Å². The minimum atomic E-state index is -4.68. The predicted molar refractivity (Wildman–Crippen MR) is 197 cm³/mol. The van der Waals surface area contributed by atoms with Crippen molar-refractivity contribution in [3.8, 4) is 11.1 Å². The van der Waals surface area contributed by atoms with Crippen LogP contribution in [0.4, 0.5) is 34.1 Å². The zero-order chi connectivity index (χ0) is 36.1. The zero-order valence-electron chi connectivity index (χ0n) is 24.9. The van der Waals surface area contributed by atoms with Crippen molar-refractivity contribution in [1.29, 1.82) is 0 Å². The highest BCUT2D eigenvalue weighted by Gasteiger charge is 2.21. The van der Waals surface area contributed by atoms with E-state index in [1.165, 1.54) is 24.3 Å². The number of nitrogens with zero attached hydrogens (tertiary/aromatic N) is 4. The van der Waals surface area contributed by atoms with Crippen LogP contribution >= 0.6 is 46.4 Å². The number of azo groups is 2. The summed E-state index contributed by atoms with van der Waals surface area (Å²) in [6.45, 7) is 0. The van der Waals surface area contributed by atoms with Crippen LogP contribution in [0.3, 0.4) is 0 Å². The molecular formula is C32H20Cl4N6O6S2. The molecule has 50 heavy (non-hydrogen) atoms. The fourth-order valence-corrected chi connectivity index (χ4v) is 7.59. The van der Waals surface area contributed by atoms with Crippen LogP contribution in [0.2, 0.25) is 20.1 Å². The first-order valence-corrected chi connectivity index (χ1v) is 18.3. The van der Waals surface area contributed by atoms with Gasteiger partial charge in [-0.1, -0.05) is 94.9 Å². The first-order chi connectivity index (χ1) is 23.5. The lowest BCUT2D eigenvalue weighted by atomic mass is 10.0. The van der Waals surface area contributed by atoms with E-state index < -0.39 is 30.0 Å². The molecule has 0 saturated heterocycles. The van der Waals surface area contributed by atoms with Crippen LogP contribution < -0.4 is 11.5 Å². The van der Waals surface area contributed by atoms with E-state index in [1.807, 2.05) is 0 Å². The summed E-state index contributed by atoms with van der Waals surface area (Å²) in [6.07, 6.45) is 0. The van der Waals surface area contributed by atoms with E-state index in [4.69, 9.17) is 57.9 Å². The molecule has 6 N–H and O–H groups in total. The second-order valence-corrected chi connectivity index (χ2v) is 15.0. The minimum absolute atomic E-state index is 0.0639. The molecule has 0 saturated carbocycles. The van der Waals surface area contributed by atoms with Crippen molar-refractivity contribution >= 4 is 122 Å². The molecule has 0 unspecified atom stereocenters. The van der Waals surface area contributed by atoms with Gasteiger partial charge in [0.25, 0.3) is 20.2 Å². The number of anilines is 2. The zero-order valence-corrected chi connectivity index (χ0v) is 29.5. The standard InChI is InChI=1S/C32H20Cl4N6O6S2/c33-21-9-15(10-22(34)31(21)41-39-25-13-27(49(43,44)45)29(37)19-7-3-1-5-17(19)25)16-11-23(35)32(24(36)12-16)42-40-26-14-28(50(46,47)48)30(38)20-8-4-2-6-18(20)26/h1-14H,37-38H2,(H,43,44,45)(H,46,47,48). The number of benzene rings is 6. The topological polar surface area (TPSA) is 210 Å². The maximum absolute atomic E-state index is 12.0. The predicted octanol–water partition coefficient (Wildman–Crippen LogP) is 10.8. The van der Waals surface area contributed by atoms with E-state index in [0.29, 0.717) is 32.7 Å². The van der Waals surface area contributed by atoms with E-state index in [0.717, 1.165) is 12.1 Å². The average molecular weight is 790 g/mol. The number of halogens is 4. The Hall–Kier alpha value is -4.38. The van der Waals surface area contributed by atoms with Crippen molar-refractivity contribution in [2.75, 3.05) is 11.5 Å². The fraction of sp³-hybridized carbons (Fsp3) is 0.